The zero-order chi connectivity index (χ0) is 14.7. The van der Waals surface area contributed by atoms with Gasteiger partial charge in [0.25, 0.3) is 5.91 Å². The van der Waals surface area contributed by atoms with Crippen molar-refractivity contribution in [3.05, 3.63) is 23.2 Å². The molecule has 5 heteroatoms. The number of hydrogen-bond acceptors (Lipinski definition) is 3. The Bertz CT molecular complexity index is 506. The molecule has 2 rings (SSSR count). The molecule has 1 N–H and O–H groups in total. The molecule has 20 heavy (non-hydrogen) atoms. The normalized spacial score (nSPS) is 19.1. The van der Waals surface area contributed by atoms with Crippen LogP contribution in [0.4, 0.5) is 0 Å². The number of nitrogens with zero attached hydrogens (tertiary/aromatic N) is 1. The molecule has 0 aliphatic carbocycles. The number of carboxylic acids is 1. The first-order valence-corrected chi connectivity index (χ1v) is 7.09. The molecule has 0 unspecified atom stereocenters. The number of aryl methyl sites for hydroxylation is 2. The minimum absolute atomic E-state index is 0.0296. The van der Waals surface area contributed by atoms with Crippen molar-refractivity contribution in [3.8, 4) is 0 Å². The first kappa shape index (κ1) is 14.6. The highest BCUT2D eigenvalue weighted by molar-refractivity contribution is 5.95. The van der Waals surface area contributed by atoms with Gasteiger partial charge in [0, 0.05) is 19.0 Å². The molecule has 1 aromatic rings. The Balaban J connectivity index is 2.12. The van der Waals surface area contributed by atoms with Crippen LogP contribution >= 0.6 is 0 Å². The minimum Gasteiger partial charge on any atom is -0.481 e. The quantitative estimate of drug-likeness (QED) is 0.920. The lowest BCUT2D eigenvalue weighted by Gasteiger charge is -2.35. The summed E-state index contributed by atoms with van der Waals surface area (Å²) in [7, 11) is 0. The molecule has 0 saturated carbocycles. The largest absolute Gasteiger partial charge is 0.481 e. The molecular weight excluding hydrogens is 258 g/mol. The van der Waals surface area contributed by atoms with Crippen LogP contribution < -0.4 is 0 Å². The Morgan fingerprint density at radius 3 is 2.75 bits per heavy atom. The summed E-state index contributed by atoms with van der Waals surface area (Å²) in [6, 6.07) is 1.79. The molecule has 1 fully saturated rings. The first-order chi connectivity index (χ1) is 9.49. The predicted octanol–water partition coefficient (Wildman–Crippen LogP) is 2.76. The monoisotopic (exact) mass is 279 g/mol. The van der Waals surface area contributed by atoms with Crippen LogP contribution in [0.5, 0.6) is 0 Å². The first-order valence-electron chi connectivity index (χ1n) is 7.09. The van der Waals surface area contributed by atoms with E-state index in [9.17, 15) is 9.59 Å². The van der Waals surface area contributed by atoms with E-state index in [1.807, 2.05) is 11.8 Å². The topological polar surface area (TPSA) is 70.8 Å². The second-order valence-electron chi connectivity index (χ2n) is 5.41. The Hall–Kier alpha value is -1.78. The average Bonchev–Trinajstić information content (AvgIpc) is 2.75. The van der Waals surface area contributed by atoms with Crippen LogP contribution in [0.3, 0.4) is 0 Å². The highest BCUT2D eigenvalue weighted by Gasteiger charge is 2.29. The fraction of sp³-hybridized carbons (Fsp3) is 0.600. The molecule has 1 aromatic heterocycles. The van der Waals surface area contributed by atoms with E-state index in [2.05, 4.69) is 0 Å². The van der Waals surface area contributed by atoms with Gasteiger partial charge in [-0.15, -0.1) is 0 Å². The third-order valence-corrected chi connectivity index (χ3v) is 3.85. The third-order valence-electron chi connectivity index (χ3n) is 3.85. The predicted molar refractivity (Wildman–Crippen MR) is 73.7 cm³/mol. The van der Waals surface area contributed by atoms with Gasteiger partial charge < -0.3 is 14.4 Å². The van der Waals surface area contributed by atoms with E-state index in [1.165, 1.54) is 0 Å². The molecule has 1 aliphatic rings. The van der Waals surface area contributed by atoms with E-state index in [4.69, 9.17) is 9.52 Å². The maximum absolute atomic E-state index is 12.6. The zero-order valence-electron chi connectivity index (χ0n) is 12.0. The van der Waals surface area contributed by atoms with Gasteiger partial charge in [-0.1, -0.05) is 0 Å². The molecule has 0 radical (unpaired) electrons. The number of aliphatic carboxylic acids is 1. The van der Waals surface area contributed by atoms with Gasteiger partial charge in [-0.05, 0) is 45.6 Å². The molecule has 1 amide bonds. The fourth-order valence-corrected chi connectivity index (χ4v) is 2.86. The van der Waals surface area contributed by atoms with E-state index in [-0.39, 0.29) is 18.4 Å². The van der Waals surface area contributed by atoms with Crippen molar-refractivity contribution in [2.75, 3.05) is 6.54 Å². The summed E-state index contributed by atoms with van der Waals surface area (Å²) >= 11 is 0. The van der Waals surface area contributed by atoms with Gasteiger partial charge in [0.15, 0.2) is 0 Å². The molecule has 0 aromatic carbocycles. The Morgan fingerprint density at radius 1 is 1.40 bits per heavy atom. The molecule has 1 saturated heterocycles. The summed E-state index contributed by atoms with van der Waals surface area (Å²) < 4.78 is 5.42. The second-order valence-corrected chi connectivity index (χ2v) is 5.41. The molecule has 5 nitrogen and oxygen atoms in total. The number of carbonyl (C=O) groups is 2. The van der Waals surface area contributed by atoms with Gasteiger partial charge in [0.2, 0.25) is 0 Å². The van der Waals surface area contributed by atoms with Gasteiger partial charge in [0.1, 0.15) is 11.5 Å². The van der Waals surface area contributed by atoms with Crippen LogP contribution in [-0.2, 0) is 4.79 Å². The van der Waals surface area contributed by atoms with E-state index in [0.717, 1.165) is 25.0 Å². The second kappa shape index (κ2) is 6.11. The van der Waals surface area contributed by atoms with Crippen molar-refractivity contribution in [1.82, 2.24) is 4.90 Å². The van der Waals surface area contributed by atoms with Crippen molar-refractivity contribution in [3.63, 3.8) is 0 Å². The van der Waals surface area contributed by atoms with Crippen LogP contribution in [0.25, 0.3) is 0 Å². The van der Waals surface area contributed by atoms with Crippen molar-refractivity contribution in [2.45, 2.75) is 52.0 Å². The van der Waals surface area contributed by atoms with E-state index < -0.39 is 5.97 Å². The molecule has 1 atom stereocenters. The fourth-order valence-electron chi connectivity index (χ4n) is 2.86. The van der Waals surface area contributed by atoms with Crippen LogP contribution in [0.15, 0.2) is 10.5 Å². The lowest BCUT2D eigenvalue weighted by molar-refractivity contribution is -0.137. The summed E-state index contributed by atoms with van der Waals surface area (Å²) in [5.74, 6) is 0.521. The van der Waals surface area contributed by atoms with Crippen molar-refractivity contribution in [2.24, 2.45) is 0 Å². The van der Waals surface area contributed by atoms with Crippen molar-refractivity contribution in [1.29, 1.82) is 0 Å². The molecule has 0 spiro atoms. The van der Waals surface area contributed by atoms with E-state index in [1.54, 1.807) is 13.0 Å². The highest BCUT2D eigenvalue weighted by atomic mass is 16.4. The lowest BCUT2D eigenvalue weighted by atomic mass is 9.97. The van der Waals surface area contributed by atoms with Crippen molar-refractivity contribution >= 4 is 11.9 Å². The van der Waals surface area contributed by atoms with Crippen molar-refractivity contribution < 1.29 is 19.1 Å². The molecule has 2 heterocycles. The standard InChI is InChI=1S/C15H21NO4/c1-10-9-13(11(2)20-10)15(19)16-8-4-3-5-12(16)6-7-14(17)18/h9,12H,3-8H2,1-2H3,(H,17,18)/t12-/m1/s1. The Kier molecular flexibility index (Phi) is 4.47. The average molecular weight is 279 g/mol. The summed E-state index contributed by atoms with van der Waals surface area (Å²) in [6.07, 6.45) is 3.55. The van der Waals surface area contributed by atoms with Gasteiger partial charge in [-0.25, -0.2) is 0 Å². The number of hydrogen-bond donors (Lipinski definition) is 1. The summed E-state index contributed by atoms with van der Waals surface area (Å²) in [5.41, 5.74) is 0.602. The Morgan fingerprint density at radius 2 is 2.15 bits per heavy atom. The number of likely N-dealkylation sites (tertiary alicyclic amines) is 1. The maximum Gasteiger partial charge on any atom is 0.303 e. The maximum atomic E-state index is 12.6. The SMILES string of the molecule is Cc1cc(C(=O)N2CCCC[C@@H]2CCC(=O)O)c(C)o1. The van der Waals surface area contributed by atoms with Gasteiger partial charge in [0.05, 0.1) is 5.56 Å². The number of amides is 1. The molecule has 0 bridgehead atoms. The van der Waals surface area contributed by atoms with Gasteiger partial charge >= 0.3 is 5.97 Å². The summed E-state index contributed by atoms with van der Waals surface area (Å²) in [4.78, 5) is 25.2. The summed E-state index contributed by atoms with van der Waals surface area (Å²) in [6.45, 7) is 4.31. The summed E-state index contributed by atoms with van der Waals surface area (Å²) in [5, 5.41) is 8.82. The number of furan rings is 1. The molecule has 110 valence electrons. The number of rotatable bonds is 4. The molecule has 1 aliphatic heterocycles. The number of carboxylic acid groups (broad SMARTS) is 1. The minimum atomic E-state index is -0.807. The van der Waals surface area contributed by atoms with Gasteiger partial charge in [-0.3, -0.25) is 9.59 Å². The highest BCUT2D eigenvalue weighted by Crippen LogP contribution is 2.25. The Labute approximate surface area is 118 Å². The van der Waals surface area contributed by atoms with Crippen LogP contribution in [0.1, 0.15) is 54.0 Å². The zero-order valence-corrected chi connectivity index (χ0v) is 12.0. The van der Waals surface area contributed by atoms with E-state index >= 15 is 0 Å². The van der Waals surface area contributed by atoms with E-state index in [0.29, 0.717) is 24.3 Å². The lowest BCUT2D eigenvalue weighted by Crippen LogP contribution is -2.44. The van der Waals surface area contributed by atoms with Gasteiger partial charge in [-0.2, -0.15) is 0 Å². The smallest absolute Gasteiger partial charge is 0.303 e. The number of carbonyl (C=O) groups excluding carboxylic acids is 1. The van der Waals surface area contributed by atoms with Crippen LogP contribution in [-0.4, -0.2) is 34.5 Å². The number of piperidine rings is 1. The third kappa shape index (κ3) is 3.21. The van der Waals surface area contributed by atoms with Crippen LogP contribution in [0, 0.1) is 13.8 Å². The molecular formula is C15H21NO4. The van der Waals surface area contributed by atoms with Crippen LogP contribution in [0.2, 0.25) is 0 Å².